The summed E-state index contributed by atoms with van der Waals surface area (Å²) in [6, 6.07) is 1.24. The standard InChI is InChI=1S/C27H33F3N6O2/c1-15-7-22(28)21(27(38)34-18-3-4-18)9-25(15)36-13-17(10-32-36)20-8-19(11-31-26(20)30)33-24-5-6-35(12-16(2)37)14-23(24)29/h7-8,10-11,13,16,18,21,23-24,33,37H,3-6,9,12,14H2,1-2H3,(H,34,38)/t16?,21?,23?,24-/m0/s1. The van der Waals surface area contributed by atoms with Gasteiger partial charge in [0.2, 0.25) is 11.9 Å². The number of amides is 1. The van der Waals surface area contributed by atoms with Crippen molar-refractivity contribution in [3.8, 4) is 11.1 Å². The zero-order valence-corrected chi connectivity index (χ0v) is 21.5. The van der Waals surface area contributed by atoms with Crippen molar-refractivity contribution in [2.75, 3.05) is 25.0 Å². The van der Waals surface area contributed by atoms with Crippen molar-refractivity contribution in [1.29, 1.82) is 0 Å². The summed E-state index contributed by atoms with van der Waals surface area (Å²) in [5.74, 6) is -2.43. The second-order valence-electron chi connectivity index (χ2n) is 10.6. The Morgan fingerprint density at radius 2 is 2.05 bits per heavy atom. The lowest BCUT2D eigenvalue weighted by Gasteiger charge is -2.36. The van der Waals surface area contributed by atoms with Crippen LogP contribution in [0.15, 0.2) is 42.1 Å². The second kappa shape index (κ2) is 10.9. The normalized spacial score (nSPS) is 25.2. The maximum Gasteiger partial charge on any atom is 0.230 e. The number of carbonyl (C=O) groups is 1. The molecule has 1 aliphatic heterocycles. The molecule has 0 spiro atoms. The van der Waals surface area contributed by atoms with Crippen molar-refractivity contribution in [3.63, 3.8) is 0 Å². The Balaban J connectivity index is 1.30. The van der Waals surface area contributed by atoms with Gasteiger partial charge < -0.3 is 15.7 Å². The van der Waals surface area contributed by atoms with Gasteiger partial charge in [-0.25, -0.2) is 18.4 Å². The number of carbonyl (C=O) groups excluding carboxylic acids is 1. The third-order valence-corrected chi connectivity index (χ3v) is 7.29. The molecule has 38 heavy (non-hydrogen) atoms. The van der Waals surface area contributed by atoms with Crippen LogP contribution >= 0.6 is 0 Å². The minimum Gasteiger partial charge on any atom is -0.392 e. The van der Waals surface area contributed by atoms with Crippen LogP contribution in [0.3, 0.4) is 0 Å². The van der Waals surface area contributed by atoms with Crippen LogP contribution in [0.2, 0.25) is 0 Å². The third-order valence-electron chi connectivity index (χ3n) is 7.29. The molecule has 11 heteroatoms. The molecule has 2 aliphatic carbocycles. The van der Waals surface area contributed by atoms with E-state index >= 15 is 0 Å². The molecule has 2 aromatic rings. The number of aromatic nitrogens is 3. The highest BCUT2D eigenvalue weighted by atomic mass is 19.1. The molecule has 0 aromatic carbocycles. The van der Waals surface area contributed by atoms with Gasteiger partial charge in [-0.1, -0.05) is 0 Å². The number of rotatable bonds is 8. The Labute approximate surface area is 219 Å². The Bertz CT molecular complexity index is 1260. The number of β-amino-alcohol motifs (C(OH)–C–C–N with tert-alkyl or cyclic N) is 1. The van der Waals surface area contributed by atoms with Gasteiger partial charge in [0.15, 0.2) is 0 Å². The molecule has 2 aromatic heterocycles. The fourth-order valence-corrected chi connectivity index (χ4v) is 5.09. The number of hydrogen-bond acceptors (Lipinski definition) is 6. The molecule has 1 amide bonds. The van der Waals surface area contributed by atoms with Gasteiger partial charge in [-0.05, 0) is 50.8 Å². The van der Waals surface area contributed by atoms with Crippen molar-refractivity contribution >= 4 is 17.3 Å². The fourth-order valence-electron chi connectivity index (χ4n) is 5.09. The largest absolute Gasteiger partial charge is 0.392 e. The quantitative estimate of drug-likeness (QED) is 0.451. The Morgan fingerprint density at radius 3 is 2.76 bits per heavy atom. The van der Waals surface area contributed by atoms with Gasteiger partial charge in [-0.2, -0.15) is 9.49 Å². The van der Waals surface area contributed by atoms with Gasteiger partial charge in [0, 0.05) is 55.1 Å². The summed E-state index contributed by atoms with van der Waals surface area (Å²) in [7, 11) is 0. The van der Waals surface area contributed by atoms with E-state index in [1.165, 1.54) is 18.5 Å². The molecule has 3 aliphatic rings. The maximum atomic E-state index is 14.8. The smallest absolute Gasteiger partial charge is 0.230 e. The summed E-state index contributed by atoms with van der Waals surface area (Å²) < 4.78 is 45.7. The molecule has 3 unspecified atom stereocenters. The second-order valence-corrected chi connectivity index (χ2v) is 10.6. The molecule has 3 N–H and O–H groups in total. The lowest BCUT2D eigenvalue weighted by atomic mass is 9.92. The molecule has 0 radical (unpaired) electrons. The number of halogens is 3. The number of aliphatic hydroxyl groups is 1. The summed E-state index contributed by atoms with van der Waals surface area (Å²) in [4.78, 5) is 18.3. The SMILES string of the molecule is CC1=C(n2cc(-c3cc(N[C@H]4CCN(CC(C)O)CC4F)cnc3F)cn2)CC(C(=O)NC2CC2)C(F)=C1. The van der Waals surface area contributed by atoms with Crippen LogP contribution in [0, 0.1) is 11.9 Å². The summed E-state index contributed by atoms with van der Waals surface area (Å²) in [5, 5.41) is 19.9. The summed E-state index contributed by atoms with van der Waals surface area (Å²) in [5.41, 5.74) is 2.43. The summed E-state index contributed by atoms with van der Waals surface area (Å²) in [6.45, 7) is 4.69. The first-order valence-corrected chi connectivity index (χ1v) is 13.1. The predicted molar refractivity (Wildman–Crippen MR) is 138 cm³/mol. The van der Waals surface area contributed by atoms with Crippen molar-refractivity contribution in [3.05, 3.63) is 48.1 Å². The number of allylic oxidation sites excluding steroid dienone is 3. The van der Waals surface area contributed by atoms with Gasteiger partial charge in [0.25, 0.3) is 0 Å². The van der Waals surface area contributed by atoms with E-state index in [-0.39, 0.29) is 30.5 Å². The van der Waals surface area contributed by atoms with E-state index in [0.29, 0.717) is 42.0 Å². The molecule has 2 fully saturated rings. The highest BCUT2D eigenvalue weighted by Gasteiger charge is 2.33. The number of piperidine rings is 1. The third kappa shape index (κ3) is 5.94. The van der Waals surface area contributed by atoms with E-state index in [0.717, 1.165) is 12.8 Å². The number of nitrogens with zero attached hydrogens (tertiary/aromatic N) is 4. The molecule has 8 nitrogen and oxygen atoms in total. The van der Waals surface area contributed by atoms with Crippen LogP contribution in [-0.4, -0.2) is 74.7 Å². The van der Waals surface area contributed by atoms with Gasteiger partial charge in [0.05, 0.1) is 36.1 Å². The monoisotopic (exact) mass is 530 g/mol. The highest BCUT2D eigenvalue weighted by molar-refractivity contribution is 5.84. The Morgan fingerprint density at radius 1 is 1.26 bits per heavy atom. The molecule has 1 saturated heterocycles. The first-order valence-electron chi connectivity index (χ1n) is 13.1. The van der Waals surface area contributed by atoms with Gasteiger partial charge >= 0.3 is 0 Å². The van der Waals surface area contributed by atoms with E-state index in [2.05, 4.69) is 20.7 Å². The molecule has 1 saturated carbocycles. The van der Waals surface area contributed by atoms with Crippen LogP contribution < -0.4 is 10.6 Å². The number of nitrogens with one attached hydrogen (secondary N) is 2. The average Bonchev–Trinajstić information content (AvgIpc) is 3.54. The van der Waals surface area contributed by atoms with Gasteiger partial charge in [-0.3, -0.25) is 9.69 Å². The molecule has 3 heterocycles. The first kappa shape index (κ1) is 26.4. The van der Waals surface area contributed by atoms with Crippen LogP contribution in [0.1, 0.15) is 39.5 Å². The zero-order valence-electron chi connectivity index (χ0n) is 21.5. The van der Waals surface area contributed by atoms with E-state index < -0.39 is 36.0 Å². The lowest BCUT2D eigenvalue weighted by molar-refractivity contribution is -0.124. The molecule has 4 atom stereocenters. The molecule has 5 rings (SSSR count). The van der Waals surface area contributed by atoms with E-state index in [1.54, 1.807) is 30.8 Å². The number of aliphatic hydroxyl groups excluding tert-OH is 1. The first-order chi connectivity index (χ1) is 18.2. The van der Waals surface area contributed by atoms with Crippen LogP contribution in [0.5, 0.6) is 0 Å². The number of anilines is 1. The predicted octanol–water partition coefficient (Wildman–Crippen LogP) is 3.67. The Kier molecular flexibility index (Phi) is 7.58. The number of likely N-dealkylation sites (tertiary alicyclic amines) is 1. The van der Waals surface area contributed by atoms with Crippen molar-refractivity contribution in [1.82, 2.24) is 25.0 Å². The number of alkyl halides is 1. The van der Waals surface area contributed by atoms with E-state index in [1.807, 2.05) is 4.90 Å². The number of pyridine rings is 1. The fraction of sp³-hybridized carbons (Fsp3) is 0.519. The van der Waals surface area contributed by atoms with Crippen LogP contribution in [0.4, 0.5) is 18.9 Å². The van der Waals surface area contributed by atoms with Crippen molar-refractivity contribution < 1.29 is 23.1 Å². The number of hydrogen-bond donors (Lipinski definition) is 3. The van der Waals surface area contributed by atoms with Crippen LogP contribution in [0.25, 0.3) is 16.8 Å². The molecular weight excluding hydrogens is 497 g/mol. The minimum absolute atomic E-state index is 0.128. The van der Waals surface area contributed by atoms with Crippen molar-refractivity contribution in [2.24, 2.45) is 5.92 Å². The molecule has 0 bridgehead atoms. The average molecular weight is 531 g/mol. The lowest BCUT2D eigenvalue weighted by Crippen LogP contribution is -2.49. The topological polar surface area (TPSA) is 95.3 Å². The highest BCUT2D eigenvalue weighted by Crippen LogP contribution is 2.35. The Hall–Kier alpha value is -3.18. The van der Waals surface area contributed by atoms with Gasteiger partial charge in [0.1, 0.15) is 12.0 Å². The van der Waals surface area contributed by atoms with E-state index in [9.17, 15) is 23.1 Å². The molecule has 204 valence electrons. The minimum atomic E-state index is -1.15. The zero-order chi connectivity index (χ0) is 27.0. The summed E-state index contributed by atoms with van der Waals surface area (Å²) >= 11 is 0. The van der Waals surface area contributed by atoms with Gasteiger partial charge in [-0.15, -0.1) is 0 Å². The summed E-state index contributed by atoms with van der Waals surface area (Å²) in [6.07, 6.45) is 6.63. The van der Waals surface area contributed by atoms with Crippen molar-refractivity contribution in [2.45, 2.75) is 63.9 Å². The van der Waals surface area contributed by atoms with E-state index in [4.69, 9.17) is 0 Å². The maximum absolute atomic E-state index is 14.8. The van der Waals surface area contributed by atoms with Crippen LogP contribution in [-0.2, 0) is 4.79 Å². The molecular formula is C27H33F3N6O2.